The molecule has 0 bridgehead atoms. The monoisotopic (exact) mass is 233 g/mol. The molecule has 0 aliphatic carbocycles. The molecule has 0 amide bonds. The molecule has 1 fully saturated rings. The van der Waals surface area contributed by atoms with E-state index in [1.807, 2.05) is 4.90 Å². The molecule has 15 heavy (non-hydrogen) atoms. The largest absolute Gasteiger partial charge is 0.356 e. The normalized spacial score (nSPS) is 16.4. The molecule has 1 aromatic heterocycles. The van der Waals surface area contributed by atoms with Crippen LogP contribution >= 0.6 is 11.6 Å². The second-order valence-electron chi connectivity index (χ2n) is 3.40. The zero-order valence-corrected chi connectivity index (χ0v) is 8.71. The minimum absolute atomic E-state index is 0.0715. The lowest BCUT2D eigenvalue weighted by atomic mass is 10.4. The minimum atomic E-state index is -2.68. The standard InChI is InChI=1S/C9H10ClF2N3/c10-6-5-7(15-3-1-2-4-15)14-9(13-6)8(11)12/h5,8H,1-4H2. The quantitative estimate of drug-likeness (QED) is 0.736. The molecule has 0 aromatic carbocycles. The highest BCUT2D eigenvalue weighted by atomic mass is 35.5. The Balaban J connectivity index is 2.30. The average molecular weight is 234 g/mol. The van der Waals surface area contributed by atoms with Crippen LogP contribution in [0.5, 0.6) is 0 Å². The zero-order valence-electron chi connectivity index (χ0n) is 7.96. The van der Waals surface area contributed by atoms with Crippen LogP contribution in [0, 0.1) is 0 Å². The average Bonchev–Trinajstić information content (AvgIpc) is 2.69. The van der Waals surface area contributed by atoms with Gasteiger partial charge in [-0.1, -0.05) is 11.6 Å². The van der Waals surface area contributed by atoms with E-state index in [-0.39, 0.29) is 5.15 Å². The highest BCUT2D eigenvalue weighted by Gasteiger charge is 2.18. The first-order valence-corrected chi connectivity index (χ1v) is 5.12. The van der Waals surface area contributed by atoms with Crippen LogP contribution in [-0.4, -0.2) is 23.1 Å². The van der Waals surface area contributed by atoms with E-state index in [1.54, 1.807) is 0 Å². The molecule has 0 unspecified atom stereocenters. The van der Waals surface area contributed by atoms with Crippen LogP contribution in [0.3, 0.4) is 0 Å². The Bertz CT molecular complexity index is 353. The lowest BCUT2D eigenvalue weighted by molar-refractivity contribution is 0.140. The van der Waals surface area contributed by atoms with E-state index < -0.39 is 12.2 Å². The first-order valence-electron chi connectivity index (χ1n) is 4.74. The van der Waals surface area contributed by atoms with E-state index in [9.17, 15) is 8.78 Å². The van der Waals surface area contributed by atoms with Gasteiger partial charge in [0.1, 0.15) is 11.0 Å². The van der Waals surface area contributed by atoms with Gasteiger partial charge < -0.3 is 4.90 Å². The lowest BCUT2D eigenvalue weighted by Gasteiger charge is -2.16. The molecule has 1 saturated heterocycles. The van der Waals surface area contributed by atoms with Gasteiger partial charge in [0.2, 0.25) is 0 Å². The SMILES string of the molecule is FC(F)c1nc(Cl)cc(N2CCCC2)n1. The van der Waals surface area contributed by atoms with Gasteiger partial charge >= 0.3 is 0 Å². The Morgan fingerprint density at radius 3 is 2.53 bits per heavy atom. The third kappa shape index (κ3) is 2.34. The maximum Gasteiger partial charge on any atom is 0.297 e. The summed E-state index contributed by atoms with van der Waals surface area (Å²) < 4.78 is 24.8. The third-order valence-electron chi connectivity index (χ3n) is 2.32. The number of aromatic nitrogens is 2. The highest BCUT2D eigenvalue weighted by molar-refractivity contribution is 6.29. The fourth-order valence-electron chi connectivity index (χ4n) is 1.63. The van der Waals surface area contributed by atoms with Gasteiger partial charge in [-0.2, -0.15) is 0 Å². The molecule has 0 N–H and O–H groups in total. The van der Waals surface area contributed by atoms with Gasteiger partial charge in [0.15, 0.2) is 5.82 Å². The Kier molecular flexibility index (Phi) is 3.00. The molecule has 1 aromatic rings. The summed E-state index contributed by atoms with van der Waals surface area (Å²) in [4.78, 5) is 9.22. The Morgan fingerprint density at radius 2 is 1.93 bits per heavy atom. The van der Waals surface area contributed by atoms with Crippen LogP contribution < -0.4 is 4.90 Å². The first kappa shape index (κ1) is 10.5. The number of rotatable bonds is 2. The minimum Gasteiger partial charge on any atom is -0.356 e. The van der Waals surface area contributed by atoms with Crippen molar-refractivity contribution >= 4 is 17.4 Å². The summed E-state index contributed by atoms with van der Waals surface area (Å²) in [5, 5.41) is 0.0715. The van der Waals surface area contributed by atoms with E-state index in [4.69, 9.17) is 11.6 Å². The van der Waals surface area contributed by atoms with Gasteiger partial charge in [-0.3, -0.25) is 0 Å². The summed E-state index contributed by atoms with van der Waals surface area (Å²) in [7, 11) is 0. The maximum absolute atomic E-state index is 12.4. The van der Waals surface area contributed by atoms with Crippen molar-refractivity contribution in [2.24, 2.45) is 0 Å². The van der Waals surface area contributed by atoms with Crippen LogP contribution in [0.15, 0.2) is 6.07 Å². The first-order chi connectivity index (χ1) is 7.16. The molecule has 2 rings (SSSR count). The molecule has 6 heteroatoms. The zero-order chi connectivity index (χ0) is 10.8. The number of alkyl halides is 2. The fraction of sp³-hybridized carbons (Fsp3) is 0.556. The Hall–Kier alpha value is -0.970. The van der Waals surface area contributed by atoms with Crippen molar-refractivity contribution in [2.75, 3.05) is 18.0 Å². The van der Waals surface area contributed by atoms with Crippen molar-refractivity contribution in [3.63, 3.8) is 0 Å². The fourth-order valence-corrected chi connectivity index (χ4v) is 1.81. The number of hydrogen-bond acceptors (Lipinski definition) is 3. The van der Waals surface area contributed by atoms with Crippen molar-refractivity contribution < 1.29 is 8.78 Å². The number of halogens is 3. The van der Waals surface area contributed by atoms with Crippen LogP contribution in [0.4, 0.5) is 14.6 Å². The smallest absolute Gasteiger partial charge is 0.297 e. The van der Waals surface area contributed by atoms with E-state index >= 15 is 0 Å². The van der Waals surface area contributed by atoms with Crippen molar-refractivity contribution in [1.29, 1.82) is 0 Å². The summed E-state index contributed by atoms with van der Waals surface area (Å²) in [6.07, 6.45) is -0.554. The van der Waals surface area contributed by atoms with E-state index in [1.165, 1.54) is 6.07 Å². The highest BCUT2D eigenvalue weighted by Crippen LogP contribution is 2.24. The van der Waals surface area contributed by atoms with Gasteiger partial charge in [0.05, 0.1) is 0 Å². The molecule has 0 saturated carbocycles. The van der Waals surface area contributed by atoms with Gasteiger partial charge in [0.25, 0.3) is 6.43 Å². The summed E-state index contributed by atoms with van der Waals surface area (Å²) in [5.74, 6) is 0.00667. The van der Waals surface area contributed by atoms with Gasteiger partial charge in [-0.15, -0.1) is 0 Å². The molecule has 0 atom stereocenters. The van der Waals surface area contributed by atoms with Crippen LogP contribution in [0.1, 0.15) is 25.1 Å². The van der Waals surface area contributed by atoms with Crippen LogP contribution in [-0.2, 0) is 0 Å². The molecule has 1 aliphatic heterocycles. The molecule has 1 aliphatic rings. The molecule has 3 nitrogen and oxygen atoms in total. The summed E-state index contributed by atoms with van der Waals surface area (Å²) in [6, 6.07) is 1.53. The lowest BCUT2D eigenvalue weighted by Crippen LogP contribution is -2.19. The molecule has 0 spiro atoms. The van der Waals surface area contributed by atoms with Crippen molar-refractivity contribution in [3.05, 3.63) is 17.0 Å². The molecule has 0 radical (unpaired) electrons. The predicted molar refractivity (Wildman–Crippen MR) is 53.4 cm³/mol. The predicted octanol–water partition coefficient (Wildman–Crippen LogP) is 2.67. The Labute approximate surface area is 91.1 Å². The number of anilines is 1. The van der Waals surface area contributed by atoms with Gasteiger partial charge in [-0.25, -0.2) is 18.7 Å². The Morgan fingerprint density at radius 1 is 1.27 bits per heavy atom. The van der Waals surface area contributed by atoms with E-state index in [0.717, 1.165) is 25.9 Å². The molecular formula is C9H10ClF2N3. The molecular weight excluding hydrogens is 224 g/mol. The number of hydrogen-bond donors (Lipinski definition) is 0. The van der Waals surface area contributed by atoms with Crippen molar-refractivity contribution in [3.8, 4) is 0 Å². The van der Waals surface area contributed by atoms with E-state index in [2.05, 4.69) is 9.97 Å². The molecule has 82 valence electrons. The third-order valence-corrected chi connectivity index (χ3v) is 2.52. The van der Waals surface area contributed by atoms with Crippen LogP contribution in [0.2, 0.25) is 5.15 Å². The van der Waals surface area contributed by atoms with Crippen molar-refractivity contribution in [2.45, 2.75) is 19.3 Å². The second-order valence-corrected chi connectivity index (χ2v) is 3.79. The van der Waals surface area contributed by atoms with Gasteiger partial charge in [-0.05, 0) is 12.8 Å². The summed E-state index contributed by atoms with van der Waals surface area (Å²) in [5.41, 5.74) is 0. The summed E-state index contributed by atoms with van der Waals surface area (Å²) in [6.45, 7) is 1.69. The van der Waals surface area contributed by atoms with E-state index in [0.29, 0.717) is 5.82 Å². The summed E-state index contributed by atoms with van der Waals surface area (Å²) >= 11 is 5.66. The maximum atomic E-state index is 12.4. The topological polar surface area (TPSA) is 29.0 Å². The van der Waals surface area contributed by atoms with Crippen LogP contribution in [0.25, 0.3) is 0 Å². The second kappa shape index (κ2) is 4.26. The van der Waals surface area contributed by atoms with Gasteiger partial charge in [0, 0.05) is 19.2 Å². The van der Waals surface area contributed by atoms with Crippen molar-refractivity contribution in [1.82, 2.24) is 9.97 Å². The number of nitrogens with zero attached hydrogens (tertiary/aromatic N) is 3. The molecule has 2 heterocycles.